The van der Waals surface area contributed by atoms with Gasteiger partial charge in [0.05, 0.1) is 11.0 Å². The molecule has 0 aromatic heterocycles. The van der Waals surface area contributed by atoms with Gasteiger partial charge in [0.15, 0.2) is 0 Å². The summed E-state index contributed by atoms with van der Waals surface area (Å²) in [6, 6.07) is 21.2. The maximum atomic E-state index is 13.5. The van der Waals surface area contributed by atoms with E-state index in [2.05, 4.69) is 29.6 Å². The highest BCUT2D eigenvalue weighted by Gasteiger charge is 2.53. The molecule has 0 spiro atoms. The standard InChI is InChI=1S/C25H20F3NO/c1-24(23(30)29-16-8-6-7-15(13-16)25(26,27)28)14-21-17-9-2-4-11-19(17)22(24)20-12-5-3-10-18(20)21/h2-13,21-22H,14H2,1H3,(H,29,30)/t21?,22?,24-/m0/s1. The van der Waals surface area contributed by atoms with Crippen LogP contribution in [0, 0.1) is 5.41 Å². The Balaban J connectivity index is 1.55. The Bertz CT molecular complexity index is 1110. The first kappa shape index (κ1) is 18.9. The molecule has 0 heterocycles. The van der Waals surface area contributed by atoms with E-state index in [-0.39, 0.29) is 23.4 Å². The Hall–Kier alpha value is -3.08. The van der Waals surface area contributed by atoms with E-state index in [1.54, 1.807) is 0 Å². The average molecular weight is 407 g/mol. The van der Waals surface area contributed by atoms with Crippen molar-refractivity contribution in [1.29, 1.82) is 0 Å². The maximum absolute atomic E-state index is 13.5. The number of nitrogens with one attached hydrogen (secondary N) is 1. The zero-order valence-electron chi connectivity index (χ0n) is 16.3. The first-order chi connectivity index (χ1) is 14.3. The van der Waals surface area contributed by atoms with Crippen LogP contribution in [0.3, 0.4) is 0 Å². The highest BCUT2D eigenvalue weighted by atomic mass is 19.4. The van der Waals surface area contributed by atoms with Gasteiger partial charge in [-0.1, -0.05) is 54.6 Å². The Morgan fingerprint density at radius 3 is 2.03 bits per heavy atom. The zero-order valence-corrected chi connectivity index (χ0v) is 16.3. The minimum atomic E-state index is -4.45. The fourth-order valence-corrected chi connectivity index (χ4v) is 5.24. The Kier molecular flexibility index (Phi) is 4.07. The van der Waals surface area contributed by atoms with E-state index in [1.165, 1.54) is 23.3 Å². The van der Waals surface area contributed by atoms with Gasteiger partial charge in [0.1, 0.15) is 0 Å². The van der Waals surface area contributed by atoms with Crippen LogP contribution in [0.1, 0.15) is 53.0 Å². The minimum Gasteiger partial charge on any atom is -0.326 e. The van der Waals surface area contributed by atoms with Crippen LogP contribution >= 0.6 is 0 Å². The van der Waals surface area contributed by atoms with Gasteiger partial charge >= 0.3 is 6.18 Å². The smallest absolute Gasteiger partial charge is 0.326 e. The molecule has 0 saturated heterocycles. The Labute approximate surface area is 172 Å². The molecule has 1 amide bonds. The summed E-state index contributed by atoms with van der Waals surface area (Å²) in [5.41, 5.74) is 3.38. The van der Waals surface area contributed by atoms with E-state index in [4.69, 9.17) is 0 Å². The van der Waals surface area contributed by atoms with Crippen molar-refractivity contribution in [1.82, 2.24) is 0 Å². The number of hydrogen-bond acceptors (Lipinski definition) is 1. The van der Waals surface area contributed by atoms with Crippen LogP contribution in [0.2, 0.25) is 0 Å². The molecule has 152 valence electrons. The fraction of sp³-hybridized carbons (Fsp3) is 0.240. The number of amides is 1. The number of alkyl halides is 3. The summed E-state index contributed by atoms with van der Waals surface area (Å²) in [6.07, 6.45) is -3.83. The second-order valence-corrected chi connectivity index (χ2v) is 8.40. The molecule has 0 aliphatic heterocycles. The van der Waals surface area contributed by atoms with Gasteiger partial charge in [-0.25, -0.2) is 0 Å². The topological polar surface area (TPSA) is 29.1 Å². The summed E-state index contributed by atoms with van der Waals surface area (Å²) in [5, 5.41) is 2.77. The van der Waals surface area contributed by atoms with Crippen LogP contribution in [0.5, 0.6) is 0 Å². The van der Waals surface area contributed by atoms with E-state index >= 15 is 0 Å². The predicted octanol–water partition coefficient (Wildman–Crippen LogP) is 6.33. The first-order valence-electron chi connectivity index (χ1n) is 9.95. The van der Waals surface area contributed by atoms with Crippen molar-refractivity contribution in [2.24, 2.45) is 5.41 Å². The highest BCUT2D eigenvalue weighted by molar-refractivity contribution is 5.97. The van der Waals surface area contributed by atoms with Crippen LogP contribution in [0.25, 0.3) is 0 Å². The molecule has 2 nitrogen and oxygen atoms in total. The summed E-state index contributed by atoms with van der Waals surface area (Å²) in [7, 11) is 0. The van der Waals surface area contributed by atoms with Gasteiger partial charge < -0.3 is 5.32 Å². The van der Waals surface area contributed by atoms with Gasteiger partial charge in [0, 0.05) is 17.5 Å². The second kappa shape index (κ2) is 6.46. The van der Waals surface area contributed by atoms with Gasteiger partial charge in [-0.3, -0.25) is 4.79 Å². The Morgan fingerprint density at radius 1 is 0.900 bits per heavy atom. The molecule has 3 aromatic carbocycles. The van der Waals surface area contributed by atoms with E-state index in [1.807, 2.05) is 31.2 Å². The van der Waals surface area contributed by atoms with Crippen molar-refractivity contribution in [2.75, 3.05) is 5.32 Å². The summed E-state index contributed by atoms with van der Waals surface area (Å²) >= 11 is 0. The molecule has 0 fully saturated rings. The SMILES string of the molecule is C[C@]1(C(=O)Nc2cccc(C(F)(F)F)c2)CC2c3ccccc3C1c1ccccc12. The van der Waals surface area contributed by atoms with Crippen molar-refractivity contribution in [3.63, 3.8) is 0 Å². The largest absolute Gasteiger partial charge is 0.416 e. The summed E-state index contributed by atoms with van der Waals surface area (Å²) < 4.78 is 39.2. The molecule has 0 radical (unpaired) electrons. The molecule has 3 aromatic rings. The zero-order chi connectivity index (χ0) is 21.1. The number of benzene rings is 3. The quantitative estimate of drug-likeness (QED) is 0.528. The lowest BCUT2D eigenvalue weighted by Gasteiger charge is -2.50. The molecular formula is C25H20F3NO. The molecule has 0 unspecified atom stereocenters. The van der Waals surface area contributed by atoms with Crippen molar-refractivity contribution >= 4 is 11.6 Å². The maximum Gasteiger partial charge on any atom is 0.416 e. The lowest BCUT2D eigenvalue weighted by molar-refractivity contribution is -0.137. The van der Waals surface area contributed by atoms with Crippen molar-refractivity contribution < 1.29 is 18.0 Å². The van der Waals surface area contributed by atoms with E-state index < -0.39 is 17.2 Å². The minimum absolute atomic E-state index is 0.0969. The average Bonchev–Trinajstić information content (AvgIpc) is 2.73. The lowest BCUT2D eigenvalue weighted by atomic mass is 9.52. The Morgan fingerprint density at radius 2 is 1.47 bits per heavy atom. The summed E-state index contributed by atoms with van der Waals surface area (Å²) in [6.45, 7) is 1.93. The van der Waals surface area contributed by atoms with E-state index in [0.717, 1.165) is 23.3 Å². The molecule has 6 rings (SSSR count). The monoisotopic (exact) mass is 407 g/mol. The van der Waals surface area contributed by atoms with Crippen LogP contribution in [-0.4, -0.2) is 5.91 Å². The molecule has 2 bridgehead atoms. The van der Waals surface area contributed by atoms with Crippen LogP contribution in [0.15, 0.2) is 72.8 Å². The van der Waals surface area contributed by atoms with Crippen LogP contribution < -0.4 is 5.32 Å². The van der Waals surface area contributed by atoms with Crippen molar-refractivity contribution in [3.8, 4) is 0 Å². The molecule has 30 heavy (non-hydrogen) atoms. The molecule has 3 aliphatic rings. The van der Waals surface area contributed by atoms with Crippen molar-refractivity contribution in [2.45, 2.75) is 31.4 Å². The third-order valence-electron chi connectivity index (χ3n) is 6.60. The fourth-order valence-electron chi connectivity index (χ4n) is 5.24. The normalized spacial score (nSPS) is 24.1. The first-order valence-corrected chi connectivity index (χ1v) is 9.95. The number of hydrogen-bond donors (Lipinski definition) is 1. The van der Waals surface area contributed by atoms with E-state index in [9.17, 15) is 18.0 Å². The molecule has 1 atom stereocenters. The number of fused-ring (bicyclic) bond motifs is 1. The van der Waals surface area contributed by atoms with Gasteiger partial charge in [-0.05, 0) is 53.8 Å². The van der Waals surface area contributed by atoms with Crippen LogP contribution in [0.4, 0.5) is 18.9 Å². The molecule has 3 aliphatic carbocycles. The molecule has 0 saturated carbocycles. The summed E-state index contributed by atoms with van der Waals surface area (Å²) in [5.74, 6) is -0.291. The lowest BCUT2D eigenvalue weighted by Crippen LogP contribution is -2.47. The van der Waals surface area contributed by atoms with E-state index in [0.29, 0.717) is 6.42 Å². The second-order valence-electron chi connectivity index (χ2n) is 8.40. The third-order valence-corrected chi connectivity index (χ3v) is 6.60. The molecule has 5 heteroatoms. The van der Waals surface area contributed by atoms with Gasteiger partial charge in [-0.15, -0.1) is 0 Å². The number of halogens is 3. The van der Waals surface area contributed by atoms with Gasteiger partial charge in [-0.2, -0.15) is 13.2 Å². The number of anilines is 1. The third kappa shape index (κ3) is 2.76. The van der Waals surface area contributed by atoms with Crippen LogP contribution in [-0.2, 0) is 11.0 Å². The summed E-state index contributed by atoms with van der Waals surface area (Å²) in [4.78, 5) is 13.5. The van der Waals surface area contributed by atoms with Gasteiger partial charge in [0.25, 0.3) is 0 Å². The number of carbonyl (C=O) groups is 1. The molecular weight excluding hydrogens is 387 g/mol. The highest BCUT2D eigenvalue weighted by Crippen LogP contribution is 2.61. The predicted molar refractivity (Wildman–Crippen MR) is 109 cm³/mol. The van der Waals surface area contributed by atoms with Crippen molar-refractivity contribution in [3.05, 3.63) is 101 Å². The number of carbonyl (C=O) groups excluding carboxylic acids is 1. The van der Waals surface area contributed by atoms with Gasteiger partial charge in [0.2, 0.25) is 5.91 Å². The number of rotatable bonds is 2. The molecule has 1 N–H and O–H groups in total.